The third-order valence-electron chi connectivity index (χ3n) is 3.59. The summed E-state index contributed by atoms with van der Waals surface area (Å²) in [6, 6.07) is 0.211. The normalized spacial score (nSPS) is 22.9. The number of nitrogens with two attached hydrogens (primary N) is 1. The van der Waals surface area contributed by atoms with E-state index in [1.807, 2.05) is 0 Å². The first-order chi connectivity index (χ1) is 9.06. The van der Waals surface area contributed by atoms with E-state index in [0.29, 0.717) is 12.5 Å². The molecule has 2 rings (SSSR count). The minimum Gasteiger partial charge on any atom is -0.355 e. The highest BCUT2D eigenvalue weighted by atomic mass is 32.1. The van der Waals surface area contributed by atoms with E-state index >= 15 is 0 Å². The van der Waals surface area contributed by atoms with Gasteiger partial charge in [0.15, 0.2) is 0 Å². The van der Waals surface area contributed by atoms with Crippen LogP contribution in [0.4, 0.5) is 0 Å². The molecule has 2 atom stereocenters. The second-order valence-corrected chi connectivity index (χ2v) is 6.53. The molecule has 1 aromatic rings. The van der Waals surface area contributed by atoms with Gasteiger partial charge in [-0.1, -0.05) is 13.8 Å². The lowest BCUT2D eigenvalue weighted by Gasteiger charge is -2.09. The number of carbonyl (C=O) groups is 1. The monoisotopic (exact) mass is 281 g/mol. The molecule has 0 aliphatic heterocycles. The third-order valence-corrected chi connectivity index (χ3v) is 4.78. The zero-order valence-electron chi connectivity index (χ0n) is 11.7. The molecule has 0 aromatic carbocycles. The molecule has 2 unspecified atom stereocenters. The Bertz CT molecular complexity index is 430. The van der Waals surface area contributed by atoms with Crippen LogP contribution in [0, 0.1) is 5.92 Å². The summed E-state index contributed by atoms with van der Waals surface area (Å²) in [7, 11) is 0. The largest absolute Gasteiger partial charge is 0.355 e. The van der Waals surface area contributed by atoms with Gasteiger partial charge < -0.3 is 11.1 Å². The molecule has 0 radical (unpaired) electrons. The Hall–Kier alpha value is -0.940. The maximum Gasteiger partial charge on any atom is 0.223 e. The number of amides is 1. The molecule has 3 N–H and O–H groups in total. The molecule has 1 fully saturated rings. The van der Waals surface area contributed by atoms with Crippen molar-refractivity contribution in [2.75, 3.05) is 6.54 Å². The predicted molar refractivity (Wildman–Crippen MR) is 78.2 cm³/mol. The van der Waals surface area contributed by atoms with Gasteiger partial charge in [0.1, 0.15) is 0 Å². The Morgan fingerprint density at radius 2 is 2.37 bits per heavy atom. The van der Waals surface area contributed by atoms with Crippen molar-refractivity contribution in [3.63, 3.8) is 0 Å². The quantitative estimate of drug-likeness (QED) is 0.868. The van der Waals surface area contributed by atoms with Crippen LogP contribution in [0.2, 0.25) is 0 Å². The number of carbonyl (C=O) groups excluding carboxylic acids is 1. The highest BCUT2D eigenvalue weighted by molar-refractivity contribution is 7.09. The molecule has 4 nitrogen and oxygen atoms in total. The number of hydrogen-bond acceptors (Lipinski definition) is 4. The highest BCUT2D eigenvalue weighted by Gasteiger charge is 2.27. The van der Waals surface area contributed by atoms with Crippen molar-refractivity contribution in [1.82, 2.24) is 10.3 Å². The second kappa shape index (κ2) is 6.48. The fourth-order valence-corrected chi connectivity index (χ4v) is 3.28. The summed E-state index contributed by atoms with van der Waals surface area (Å²) in [6.45, 7) is 4.97. The van der Waals surface area contributed by atoms with Crippen molar-refractivity contribution >= 4 is 17.2 Å². The Morgan fingerprint density at radius 3 is 2.95 bits per heavy atom. The standard InChI is InChI=1S/C14H23N3OS/c1-9(2)14-17-12(8-19-14)5-6-16-13(18)10-3-4-11(15)7-10/h8-11H,3-7,15H2,1-2H3,(H,16,18). The minimum atomic E-state index is 0.122. The van der Waals surface area contributed by atoms with Gasteiger partial charge in [0.05, 0.1) is 10.7 Å². The van der Waals surface area contributed by atoms with Gasteiger partial charge >= 0.3 is 0 Å². The minimum absolute atomic E-state index is 0.122. The lowest BCUT2D eigenvalue weighted by Crippen LogP contribution is -2.32. The molecular weight excluding hydrogens is 258 g/mol. The van der Waals surface area contributed by atoms with Crippen LogP contribution >= 0.6 is 11.3 Å². The molecule has 1 aliphatic carbocycles. The summed E-state index contributed by atoms with van der Waals surface area (Å²) in [5.74, 6) is 0.761. The summed E-state index contributed by atoms with van der Waals surface area (Å²) in [5, 5.41) is 6.26. The summed E-state index contributed by atoms with van der Waals surface area (Å²) in [4.78, 5) is 16.5. The molecule has 1 aromatic heterocycles. The van der Waals surface area contributed by atoms with Crippen LogP contribution in [0.1, 0.15) is 49.7 Å². The molecule has 0 bridgehead atoms. The molecule has 0 spiro atoms. The molecule has 1 heterocycles. The van der Waals surface area contributed by atoms with Crippen LogP contribution < -0.4 is 11.1 Å². The molecule has 106 valence electrons. The first kappa shape index (κ1) is 14.5. The number of rotatable bonds is 5. The number of thiazole rings is 1. The summed E-state index contributed by atoms with van der Waals surface area (Å²) in [5.41, 5.74) is 6.91. The fourth-order valence-electron chi connectivity index (χ4n) is 2.42. The van der Waals surface area contributed by atoms with Crippen molar-refractivity contribution in [3.8, 4) is 0 Å². The lowest BCUT2D eigenvalue weighted by atomic mass is 10.1. The number of nitrogens with one attached hydrogen (secondary N) is 1. The zero-order chi connectivity index (χ0) is 13.8. The number of nitrogens with zero attached hydrogens (tertiary/aromatic N) is 1. The maximum absolute atomic E-state index is 11.9. The Labute approximate surface area is 118 Å². The van der Waals surface area contributed by atoms with Crippen molar-refractivity contribution in [2.45, 2.75) is 51.5 Å². The molecule has 1 aliphatic rings. The van der Waals surface area contributed by atoms with E-state index < -0.39 is 0 Å². The molecule has 5 heteroatoms. The molecule has 1 saturated carbocycles. The predicted octanol–water partition coefficient (Wildman–Crippen LogP) is 2.05. The topological polar surface area (TPSA) is 68.0 Å². The van der Waals surface area contributed by atoms with Crippen LogP contribution in [0.5, 0.6) is 0 Å². The van der Waals surface area contributed by atoms with Gasteiger partial charge in [-0.15, -0.1) is 11.3 Å². The number of aromatic nitrogens is 1. The zero-order valence-corrected chi connectivity index (χ0v) is 12.5. The fraction of sp³-hybridized carbons (Fsp3) is 0.714. The van der Waals surface area contributed by atoms with E-state index in [0.717, 1.165) is 31.4 Å². The summed E-state index contributed by atoms with van der Waals surface area (Å²) < 4.78 is 0. The van der Waals surface area contributed by atoms with Crippen LogP contribution in [0.3, 0.4) is 0 Å². The summed E-state index contributed by atoms with van der Waals surface area (Å²) in [6.07, 6.45) is 3.55. The molecule has 19 heavy (non-hydrogen) atoms. The van der Waals surface area contributed by atoms with Crippen LogP contribution in [-0.4, -0.2) is 23.5 Å². The van der Waals surface area contributed by atoms with Crippen LogP contribution in [0.15, 0.2) is 5.38 Å². The van der Waals surface area contributed by atoms with E-state index in [1.54, 1.807) is 11.3 Å². The Morgan fingerprint density at radius 1 is 1.58 bits per heavy atom. The van der Waals surface area contributed by atoms with Gasteiger partial charge in [-0.25, -0.2) is 4.98 Å². The Balaban J connectivity index is 1.72. The van der Waals surface area contributed by atoms with Crippen molar-refractivity contribution < 1.29 is 4.79 Å². The van der Waals surface area contributed by atoms with Gasteiger partial charge in [0.2, 0.25) is 5.91 Å². The van der Waals surface area contributed by atoms with Gasteiger partial charge in [-0.3, -0.25) is 4.79 Å². The lowest BCUT2D eigenvalue weighted by molar-refractivity contribution is -0.124. The van der Waals surface area contributed by atoms with E-state index in [9.17, 15) is 4.79 Å². The Kier molecular flexibility index (Phi) is 4.93. The van der Waals surface area contributed by atoms with Crippen LogP contribution in [0.25, 0.3) is 0 Å². The average Bonchev–Trinajstić information content (AvgIpc) is 2.98. The van der Waals surface area contributed by atoms with Crippen molar-refractivity contribution in [2.24, 2.45) is 11.7 Å². The van der Waals surface area contributed by atoms with Crippen molar-refractivity contribution in [3.05, 3.63) is 16.1 Å². The van der Waals surface area contributed by atoms with E-state index in [4.69, 9.17) is 5.73 Å². The van der Waals surface area contributed by atoms with Crippen LogP contribution in [-0.2, 0) is 11.2 Å². The van der Waals surface area contributed by atoms with E-state index in [2.05, 4.69) is 29.5 Å². The molecule has 0 saturated heterocycles. The smallest absolute Gasteiger partial charge is 0.223 e. The van der Waals surface area contributed by atoms with Gasteiger partial charge in [0.25, 0.3) is 0 Å². The van der Waals surface area contributed by atoms with Gasteiger partial charge in [-0.2, -0.15) is 0 Å². The van der Waals surface area contributed by atoms with Crippen molar-refractivity contribution in [1.29, 1.82) is 0 Å². The van der Waals surface area contributed by atoms with E-state index in [1.165, 1.54) is 5.01 Å². The molecular formula is C14H23N3OS. The maximum atomic E-state index is 11.9. The molecule has 1 amide bonds. The first-order valence-corrected chi connectivity index (χ1v) is 7.91. The first-order valence-electron chi connectivity index (χ1n) is 7.04. The van der Waals surface area contributed by atoms with E-state index in [-0.39, 0.29) is 17.9 Å². The second-order valence-electron chi connectivity index (χ2n) is 5.64. The SMILES string of the molecule is CC(C)c1nc(CCNC(=O)C2CCC(N)C2)cs1. The average molecular weight is 281 g/mol. The van der Waals surface area contributed by atoms with Gasteiger partial charge in [0, 0.05) is 36.2 Å². The highest BCUT2D eigenvalue weighted by Crippen LogP contribution is 2.24. The summed E-state index contributed by atoms with van der Waals surface area (Å²) >= 11 is 1.70. The third kappa shape index (κ3) is 4.01. The number of hydrogen-bond donors (Lipinski definition) is 2. The van der Waals surface area contributed by atoms with Gasteiger partial charge in [-0.05, 0) is 19.3 Å².